The van der Waals surface area contributed by atoms with E-state index in [0.717, 1.165) is 24.6 Å². The molecule has 5 heteroatoms. The molecule has 1 saturated carbocycles. The predicted molar refractivity (Wildman–Crippen MR) is 123 cm³/mol. The molecule has 4 nitrogen and oxygen atoms in total. The first-order chi connectivity index (χ1) is 15.7. The molecule has 0 radical (unpaired) electrons. The van der Waals surface area contributed by atoms with Gasteiger partial charge in [0.15, 0.2) is 0 Å². The van der Waals surface area contributed by atoms with E-state index in [9.17, 15) is 9.18 Å². The Morgan fingerprint density at radius 3 is 2.81 bits per heavy atom. The van der Waals surface area contributed by atoms with Crippen LogP contribution in [-0.4, -0.2) is 42.1 Å². The topological polar surface area (TPSA) is 42.4 Å². The number of fused-ring (bicyclic) bond motifs is 1. The summed E-state index contributed by atoms with van der Waals surface area (Å²) in [5.74, 6) is 0.0102. The molecule has 1 atom stereocenters. The molecule has 1 amide bonds. The number of carbonyl (C=O) groups is 1. The zero-order chi connectivity index (χ0) is 22.0. The van der Waals surface area contributed by atoms with Crippen molar-refractivity contribution in [1.29, 1.82) is 0 Å². The maximum Gasteiger partial charge on any atom is 0.233 e. The summed E-state index contributed by atoms with van der Waals surface area (Å²) in [7, 11) is 0. The average Bonchev–Trinajstić information content (AvgIpc) is 3.20. The lowest BCUT2D eigenvalue weighted by molar-refractivity contribution is -0.138. The molecule has 2 aromatic carbocycles. The van der Waals surface area contributed by atoms with Gasteiger partial charge in [-0.2, -0.15) is 0 Å². The van der Waals surface area contributed by atoms with Gasteiger partial charge in [0, 0.05) is 42.4 Å². The van der Waals surface area contributed by atoms with Crippen LogP contribution in [-0.2, 0) is 21.4 Å². The van der Waals surface area contributed by atoms with E-state index in [2.05, 4.69) is 23.2 Å². The van der Waals surface area contributed by atoms with Gasteiger partial charge in [0.2, 0.25) is 5.91 Å². The first-order valence-corrected chi connectivity index (χ1v) is 11.6. The van der Waals surface area contributed by atoms with Gasteiger partial charge >= 0.3 is 0 Å². The summed E-state index contributed by atoms with van der Waals surface area (Å²) in [6.07, 6.45) is 7.87. The second-order valence-corrected chi connectivity index (χ2v) is 9.22. The summed E-state index contributed by atoms with van der Waals surface area (Å²) >= 11 is 0. The van der Waals surface area contributed by atoms with Crippen molar-refractivity contribution < 1.29 is 13.9 Å². The van der Waals surface area contributed by atoms with Gasteiger partial charge in [0.25, 0.3) is 0 Å². The van der Waals surface area contributed by atoms with E-state index in [4.69, 9.17) is 4.74 Å². The van der Waals surface area contributed by atoms with Crippen LogP contribution in [0.4, 0.5) is 4.39 Å². The van der Waals surface area contributed by atoms with Crippen LogP contribution >= 0.6 is 0 Å². The van der Waals surface area contributed by atoms with Crippen molar-refractivity contribution in [3.63, 3.8) is 0 Å². The number of hydrogen-bond acceptors (Lipinski definition) is 3. The molecule has 32 heavy (non-hydrogen) atoms. The number of halogens is 1. The largest absolute Gasteiger partial charge is 0.379 e. The van der Waals surface area contributed by atoms with Crippen LogP contribution in [0.5, 0.6) is 0 Å². The molecule has 166 valence electrons. The van der Waals surface area contributed by atoms with Gasteiger partial charge in [-0.05, 0) is 42.3 Å². The zero-order valence-electron chi connectivity index (χ0n) is 18.3. The number of hydrogen-bond donors (Lipinski definition) is 0. The van der Waals surface area contributed by atoms with Gasteiger partial charge in [-0.1, -0.05) is 49.2 Å². The van der Waals surface area contributed by atoms with E-state index in [0.29, 0.717) is 44.7 Å². The molecule has 0 bridgehead atoms. The van der Waals surface area contributed by atoms with Crippen molar-refractivity contribution in [2.24, 2.45) is 5.92 Å². The predicted octanol–water partition coefficient (Wildman–Crippen LogP) is 4.90. The smallest absolute Gasteiger partial charge is 0.233 e. The van der Waals surface area contributed by atoms with Gasteiger partial charge in [-0.15, -0.1) is 0 Å². The minimum Gasteiger partial charge on any atom is -0.379 e. The monoisotopic (exact) mass is 432 g/mol. The quantitative estimate of drug-likeness (QED) is 0.589. The van der Waals surface area contributed by atoms with E-state index in [1.54, 1.807) is 12.1 Å². The number of nitrogens with zero attached hydrogens (tertiary/aromatic N) is 2. The highest BCUT2D eigenvalue weighted by Gasteiger charge is 2.46. The molecule has 1 aliphatic carbocycles. The molecule has 2 fully saturated rings. The molecule has 2 heterocycles. The van der Waals surface area contributed by atoms with Crippen LogP contribution < -0.4 is 0 Å². The van der Waals surface area contributed by atoms with Gasteiger partial charge in [0.05, 0.1) is 18.6 Å². The Balaban J connectivity index is 1.38. The molecule has 1 saturated heterocycles. The lowest BCUT2D eigenvalue weighted by Gasteiger charge is -2.35. The third kappa shape index (κ3) is 4.02. The summed E-state index contributed by atoms with van der Waals surface area (Å²) < 4.78 is 20.7. The summed E-state index contributed by atoms with van der Waals surface area (Å²) in [6, 6.07) is 15.3. The lowest BCUT2D eigenvalue weighted by atomic mass is 9.77. The first kappa shape index (κ1) is 21.1. The molecule has 1 unspecified atom stereocenters. The van der Waals surface area contributed by atoms with Crippen LogP contribution in [0, 0.1) is 11.7 Å². The normalized spacial score (nSPS) is 20.9. The number of rotatable bonds is 4. The fourth-order valence-corrected chi connectivity index (χ4v) is 5.51. The Morgan fingerprint density at radius 1 is 1.12 bits per heavy atom. The average molecular weight is 433 g/mol. The molecular formula is C27H29FN2O2. The van der Waals surface area contributed by atoms with Crippen molar-refractivity contribution in [2.45, 2.75) is 37.5 Å². The first-order valence-electron chi connectivity index (χ1n) is 11.6. The number of benzene rings is 2. The summed E-state index contributed by atoms with van der Waals surface area (Å²) in [5, 5.41) is 2.29. The highest BCUT2D eigenvalue weighted by atomic mass is 19.1. The van der Waals surface area contributed by atoms with Gasteiger partial charge in [-0.25, -0.2) is 4.39 Å². The fraction of sp³-hybridized carbons (Fsp3) is 0.407. The molecule has 5 rings (SSSR count). The van der Waals surface area contributed by atoms with Gasteiger partial charge in [-0.3, -0.25) is 9.78 Å². The van der Waals surface area contributed by atoms with E-state index in [1.165, 1.54) is 17.0 Å². The minimum atomic E-state index is -0.740. The number of aromatic nitrogens is 1. The van der Waals surface area contributed by atoms with Crippen LogP contribution in [0.1, 0.15) is 36.8 Å². The standard InChI is InChI=1S/C27H29FN2O2/c28-25-6-2-1-5-24(25)27(10-3-4-11-27)26(31)30-13-14-32-19-21(18-30)15-20-7-8-23-17-29-12-9-22(23)16-20/h1-2,5-9,12,16-17,21H,3-4,10-11,13-15,18-19H2. The number of ether oxygens (including phenoxy) is 1. The van der Waals surface area contributed by atoms with E-state index < -0.39 is 5.41 Å². The number of carbonyl (C=O) groups excluding carboxylic acids is 1. The number of amides is 1. The van der Waals surface area contributed by atoms with E-state index >= 15 is 0 Å². The van der Waals surface area contributed by atoms with Crippen molar-refractivity contribution in [2.75, 3.05) is 26.3 Å². The molecule has 2 aliphatic rings. The molecule has 1 aliphatic heterocycles. The fourth-order valence-electron chi connectivity index (χ4n) is 5.51. The Bertz CT molecular complexity index is 1110. The van der Waals surface area contributed by atoms with Crippen molar-refractivity contribution in [3.8, 4) is 0 Å². The Hall–Kier alpha value is -2.79. The Kier molecular flexibility index (Phi) is 5.92. The molecule has 0 spiro atoms. The maximum absolute atomic E-state index is 14.8. The summed E-state index contributed by atoms with van der Waals surface area (Å²) in [4.78, 5) is 20.0. The summed E-state index contributed by atoms with van der Waals surface area (Å²) in [5.41, 5.74) is 1.06. The second-order valence-electron chi connectivity index (χ2n) is 9.22. The van der Waals surface area contributed by atoms with Crippen LogP contribution in [0.25, 0.3) is 10.8 Å². The van der Waals surface area contributed by atoms with Gasteiger partial charge < -0.3 is 9.64 Å². The second kappa shape index (κ2) is 8.99. The van der Waals surface area contributed by atoms with Gasteiger partial charge in [0.1, 0.15) is 5.82 Å². The van der Waals surface area contributed by atoms with Crippen molar-refractivity contribution >= 4 is 16.7 Å². The number of pyridine rings is 1. The zero-order valence-corrected chi connectivity index (χ0v) is 18.3. The van der Waals surface area contributed by atoms with Crippen molar-refractivity contribution in [3.05, 3.63) is 77.9 Å². The molecule has 3 aromatic rings. The van der Waals surface area contributed by atoms with Crippen LogP contribution in [0.2, 0.25) is 0 Å². The Morgan fingerprint density at radius 2 is 1.97 bits per heavy atom. The van der Waals surface area contributed by atoms with Crippen molar-refractivity contribution in [1.82, 2.24) is 9.88 Å². The van der Waals surface area contributed by atoms with E-state index in [-0.39, 0.29) is 17.6 Å². The third-order valence-corrected chi connectivity index (χ3v) is 7.11. The molecular weight excluding hydrogens is 403 g/mol. The lowest BCUT2D eigenvalue weighted by Crippen LogP contribution is -2.48. The molecule has 1 aromatic heterocycles. The van der Waals surface area contributed by atoms with E-state index in [1.807, 2.05) is 29.4 Å². The highest BCUT2D eigenvalue weighted by molar-refractivity contribution is 5.89. The maximum atomic E-state index is 14.8. The highest BCUT2D eigenvalue weighted by Crippen LogP contribution is 2.44. The SMILES string of the molecule is O=C(N1CCOCC(Cc2ccc3cnccc3c2)C1)C1(c2ccccc2F)CCCC1. The summed E-state index contributed by atoms with van der Waals surface area (Å²) in [6.45, 7) is 2.36. The van der Waals surface area contributed by atoms with Crippen LogP contribution in [0.15, 0.2) is 60.9 Å². The molecule has 0 N–H and O–H groups in total. The minimum absolute atomic E-state index is 0.0696. The third-order valence-electron chi connectivity index (χ3n) is 7.11. The Labute approximate surface area is 188 Å². The van der Waals surface area contributed by atoms with Crippen LogP contribution in [0.3, 0.4) is 0 Å².